The van der Waals surface area contributed by atoms with Gasteiger partial charge in [-0.3, -0.25) is 0 Å². The van der Waals surface area contributed by atoms with Gasteiger partial charge in [-0.25, -0.2) is 19.9 Å². The zero-order valence-corrected chi connectivity index (χ0v) is 15.5. The van der Waals surface area contributed by atoms with Gasteiger partial charge in [0, 0.05) is 31.2 Å². The molecule has 0 saturated carbocycles. The second-order valence-corrected chi connectivity index (χ2v) is 6.89. The maximum atomic E-state index is 5.24. The van der Waals surface area contributed by atoms with Gasteiger partial charge in [0.25, 0.3) is 0 Å². The Hall–Kier alpha value is -3.06. The summed E-state index contributed by atoms with van der Waals surface area (Å²) in [6.45, 7) is 0. The lowest BCUT2D eigenvalue weighted by atomic mass is 10.2. The number of ether oxygens (including phenoxy) is 1. The molecular formula is C19H17N5OS. The molecule has 0 atom stereocenters. The largest absolute Gasteiger partial charge is 0.497 e. The first kappa shape index (κ1) is 16.4. The second-order valence-electron chi connectivity index (χ2n) is 5.89. The number of aliphatic imine (C=N–C) groups is 1. The standard InChI is InChI=1S/C19H17N5OS/c1-24(2)18(12-6-8-13(25-3)9-7-12)23-17-16-15(21-11-22-17)14-5-4-10-20-19(14)26-16/h4-11H,1-3H3. The summed E-state index contributed by atoms with van der Waals surface area (Å²) >= 11 is 1.56. The highest BCUT2D eigenvalue weighted by atomic mass is 32.1. The first-order chi connectivity index (χ1) is 12.7. The maximum absolute atomic E-state index is 5.24. The summed E-state index contributed by atoms with van der Waals surface area (Å²) in [7, 11) is 5.59. The van der Waals surface area contributed by atoms with Gasteiger partial charge in [0.15, 0.2) is 5.82 Å². The van der Waals surface area contributed by atoms with Crippen molar-refractivity contribution in [2.45, 2.75) is 0 Å². The predicted octanol–water partition coefficient (Wildman–Crippen LogP) is 3.89. The van der Waals surface area contributed by atoms with Crippen LogP contribution < -0.4 is 4.74 Å². The number of aromatic nitrogens is 3. The van der Waals surface area contributed by atoms with Crippen molar-refractivity contribution < 1.29 is 4.74 Å². The van der Waals surface area contributed by atoms with Gasteiger partial charge in [-0.15, -0.1) is 11.3 Å². The molecule has 0 spiro atoms. The van der Waals surface area contributed by atoms with E-state index >= 15 is 0 Å². The SMILES string of the molecule is COc1ccc(C(=Nc2ncnc3c2sc2ncccc23)N(C)C)cc1. The number of methoxy groups -OCH3 is 1. The summed E-state index contributed by atoms with van der Waals surface area (Å²) in [6.07, 6.45) is 3.35. The molecule has 0 aliphatic carbocycles. The molecule has 0 radical (unpaired) electrons. The lowest BCUT2D eigenvalue weighted by Gasteiger charge is -2.16. The minimum atomic E-state index is 0.650. The third-order valence-electron chi connectivity index (χ3n) is 3.99. The fourth-order valence-corrected chi connectivity index (χ4v) is 3.77. The average Bonchev–Trinajstić information content (AvgIpc) is 3.05. The molecule has 26 heavy (non-hydrogen) atoms. The van der Waals surface area contributed by atoms with E-state index in [-0.39, 0.29) is 0 Å². The van der Waals surface area contributed by atoms with Gasteiger partial charge < -0.3 is 9.64 Å². The molecule has 6 nitrogen and oxygen atoms in total. The van der Waals surface area contributed by atoms with E-state index in [0.717, 1.165) is 37.6 Å². The van der Waals surface area contributed by atoms with E-state index in [9.17, 15) is 0 Å². The Kier molecular flexibility index (Phi) is 4.22. The highest BCUT2D eigenvalue weighted by Gasteiger charge is 2.14. The van der Waals surface area contributed by atoms with Gasteiger partial charge in [-0.05, 0) is 36.4 Å². The summed E-state index contributed by atoms with van der Waals surface area (Å²) in [5.74, 6) is 2.28. The maximum Gasteiger partial charge on any atom is 0.175 e. The minimum Gasteiger partial charge on any atom is -0.497 e. The fourth-order valence-electron chi connectivity index (χ4n) is 2.74. The van der Waals surface area contributed by atoms with Gasteiger partial charge in [0.2, 0.25) is 0 Å². The number of benzene rings is 1. The van der Waals surface area contributed by atoms with Crippen molar-refractivity contribution in [2.75, 3.05) is 21.2 Å². The van der Waals surface area contributed by atoms with Crippen LogP contribution in [0.15, 0.2) is 53.9 Å². The van der Waals surface area contributed by atoms with Gasteiger partial charge in [-0.1, -0.05) is 0 Å². The monoisotopic (exact) mass is 363 g/mol. The van der Waals surface area contributed by atoms with E-state index < -0.39 is 0 Å². The Bertz CT molecular complexity index is 1100. The topological polar surface area (TPSA) is 63.5 Å². The van der Waals surface area contributed by atoms with Crippen LogP contribution in [0.1, 0.15) is 5.56 Å². The normalized spacial score (nSPS) is 11.9. The van der Waals surface area contributed by atoms with Crippen LogP contribution in [-0.2, 0) is 0 Å². The molecule has 1 aromatic carbocycles. The lowest BCUT2D eigenvalue weighted by molar-refractivity contribution is 0.414. The number of amidine groups is 1. The van der Waals surface area contributed by atoms with Crippen LogP contribution in [0.5, 0.6) is 5.75 Å². The van der Waals surface area contributed by atoms with Crippen molar-refractivity contribution in [3.63, 3.8) is 0 Å². The third kappa shape index (κ3) is 2.86. The molecule has 7 heteroatoms. The summed E-state index contributed by atoms with van der Waals surface area (Å²) in [5, 5.41) is 1.03. The van der Waals surface area contributed by atoms with Crippen molar-refractivity contribution in [1.29, 1.82) is 0 Å². The van der Waals surface area contributed by atoms with Crippen molar-refractivity contribution in [3.8, 4) is 5.75 Å². The average molecular weight is 363 g/mol. The number of nitrogens with zero attached hydrogens (tertiary/aromatic N) is 5. The highest BCUT2D eigenvalue weighted by molar-refractivity contribution is 7.25. The second kappa shape index (κ2) is 6.68. The van der Waals surface area contributed by atoms with Crippen molar-refractivity contribution >= 4 is 43.4 Å². The Morgan fingerprint density at radius 3 is 2.62 bits per heavy atom. The zero-order chi connectivity index (χ0) is 18.1. The predicted molar refractivity (Wildman–Crippen MR) is 106 cm³/mol. The van der Waals surface area contributed by atoms with E-state index in [1.165, 1.54) is 0 Å². The molecule has 0 bridgehead atoms. The van der Waals surface area contributed by atoms with Gasteiger partial charge >= 0.3 is 0 Å². The summed E-state index contributed by atoms with van der Waals surface area (Å²) in [6, 6.07) is 11.8. The summed E-state index contributed by atoms with van der Waals surface area (Å²) in [5.41, 5.74) is 1.88. The lowest BCUT2D eigenvalue weighted by Crippen LogP contribution is -2.22. The van der Waals surface area contributed by atoms with Crippen LogP contribution in [0.25, 0.3) is 20.4 Å². The Morgan fingerprint density at radius 2 is 1.88 bits per heavy atom. The van der Waals surface area contributed by atoms with Crippen LogP contribution >= 0.6 is 11.3 Å². The van der Waals surface area contributed by atoms with Crippen LogP contribution in [0.3, 0.4) is 0 Å². The molecule has 0 amide bonds. The molecule has 4 aromatic rings. The van der Waals surface area contributed by atoms with Gasteiger partial charge in [-0.2, -0.15) is 0 Å². The Labute approximate surface area is 154 Å². The summed E-state index contributed by atoms with van der Waals surface area (Å²) < 4.78 is 6.18. The molecule has 3 aromatic heterocycles. The molecule has 0 aliphatic heterocycles. The first-order valence-corrected chi connectivity index (χ1v) is 8.87. The van der Waals surface area contributed by atoms with Crippen molar-refractivity contribution in [3.05, 3.63) is 54.5 Å². The van der Waals surface area contributed by atoms with Crippen molar-refractivity contribution in [2.24, 2.45) is 4.99 Å². The molecule has 3 heterocycles. The van der Waals surface area contributed by atoms with Gasteiger partial charge in [0.1, 0.15) is 27.4 Å². The fraction of sp³-hybridized carbons (Fsp3) is 0.158. The molecule has 0 N–H and O–H groups in total. The molecule has 130 valence electrons. The van der Waals surface area contributed by atoms with Crippen LogP contribution in [-0.4, -0.2) is 46.9 Å². The number of hydrogen-bond acceptors (Lipinski definition) is 6. The summed E-state index contributed by atoms with van der Waals surface area (Å²) in [4.78, 5) is 21.0. The Morgan fingerprint density at radius 1 is 1.08 bits per heavy atom. The number of hydrogen-bond donors (Lipinski definition) is 0. The molecular weight excluding hydrogens is 346 g/mol. The molecule has 4 rings (SSSR count). The quantitative estimate of drug-likeness (QED) is 0.408. The molecule has 0 aliphatic rings. The highest BCUT2D eigenvalue weighted by Crippen LogP contribution is 2.35. The van der Waals surface area contributed by atoms with Crippen LogP contribution in [0, 0.1) is 0 Å². The first-order valence-electron chi connectivity index (χ1n) is 8.06. The van der Waals surface area contributed by atoms with Crippen LogP contribution in [0.2, 0.25) is 0 Å². The molecule has 0 unspecified atom stereocenters. The number of fused-ring (bicyclic) bond motifs is 3. The number of rotatable bonds is 3. The van der Waals surface area contributed by atoms with E-state index in [2.05, 4.69) is 15.0 Å². The minimum absolute atomic E-state index is 0.650. The van der Waals surface area contributed by atoms with Crippen LogP contribution in [0.4, 0.5) is 5.82 Å². The number of pyridine rings is 1. The van der Waals surface area contributed by atoms with E-state index in [1.54, 1.807) is 31.0 Å². The Balaban J connectivity index is 1.88. The van der Waals surface area contributed by atoms with Gasteiger partial charge in [0.05, 0.1) is 12.6 Å². The van der Waals surface area contributed by atoms with E-state index in [4.69, 9.17) is 9.73 Å². The molecule has 0 saturated heterocycles. The smallest absolute Gasteiger partial charge is 0.175 e. The molecule has 0 fully saturated rings. The van der Waals surface area contributed by atoms with E-state index in [0.29, 0.717) is 5.82 Å². The third-order valence-corrected chi connectivity index (χ3v) is 5.09. The van der Waals surface area contributed by atoms with E-state index in [1.807, 2.05) is 55.4 Å². The number of thiophene rings is 1. The van der Waals surface area contributed by atoms with Crippen molar-refractivity contribution in [1.82, 2.24) is 19.9 Å². The zero-order valence-electron chi connectivity index (χ0n) is 14.7.